The lowest BCUT2D eigenvalue weighted by molar-refractivity contribution is 0.0715. The summed E-state index contributed by atoms with van der Waals surface area (Å²) in [5.74, 6) is 0.200. The molecule has 0 aliphatic rings. The van der Waals surface area contributed by atoms with E-state index >= 15 is 0 Å². The molecule has 0 atom stereocenters. The number of nitrogen functional groups attached to an aromatic ring is 1. The van der Waals surface area contributed by atoms with E-state index in [1.54, 1.807) is 0 Å². The number of amides is 1. The standard InChI is InChI=1S/C15H23FN2O/c1-10(2)8-18(9-11(3)4)15(19)12-5-6-13(16)14(17)7-12/h5-7,10-11H,8-9,17H2,1-4H3. The van der Waals surface area contributed by atoms with Crippen LogP contribution in [0.15, 0.2) is 18.2 Å². The first-order valence-corrected chi connectivity index (χ1v) is 6.65. The van der Waals surface area contributed by atoms with Gasteiger partial charge in [-0.2, -0.15) is 0 Å². The average Bonchev–Trinajstić information content (AvgIpc) is 2.29. The van der Waals surface area contributed by atoms with E-state index in [-0.39, 0.29) is 11.6 Å². The lowest BCUT2D eigenvalue weighted by Gasteiger charge is -2.26. The Labute approximate surface area is 114 Å². The van der Waals surface area contributed by atoms with Crippen LogP contribution >= 0.6 is 0 Å². The molecule has 2 N–H and O–H groups in total. The molecule has 0 heterocycles. The van der Waals surface area contributed by atoms with Gasteiger partial charge in [-0.25, -0.2) is 4.39 Å². The molecule has 1 aromatic carbocycles. The van der Waals surface area contributed by atoms with E-state index in [4.69, 9.17) is 5.73 Å². The Morgan fingerprint density at radius 1 is 1.21 bits per heavy atom. The van der Waals surface area contributed by atoms with Crippen molar-refractivity contribution in [2.75, 3.05) is 18.8 Å². The summed E-state index contributed by atoms with van der Waals surface area (Å²) in [6, 6.07) is 4.14. The zero-order valence-corrected chi connectivity index (χ0v) is 12.1. The first-order valence-electron chi connectivity index (χ1n) is 6.65. The van der Waals surface area contributed by atoms with Crippen LogP contribution in [0.1, 0.15) is 38.1 Å². The zero-order chi connectivity index (χ0) is 14.6. The Morgan fingerprint density at radius 2 is 1.74 bits per heavy atom. The van der Waals surface area contributed by atoms with Gasteiger partial charge >= 0.3 is 0 Å². The van der Waals surface area contributed by atoms with Gasteiger partial charge in [-0.05, 0) is 30.0 Å². The minimum atomic E-state index is -0.490. The highest BCUT2D eigenvalue weighted by Crippen LogP contribution is 2.15. The van der Waals surface area contributed by atoms with Crippen molar-refractivity contribution in [2.24, 2.45) is 11.8 Å². The molecular weight excluding hydrogens is 243 g/mol. The summed E-state index contributed by atoms with van der Waals surface area (Å²) < 4.78 is 13.1. The lowest BCUT2D eigenvalue weighted by atomic mass is 10.1. The van der Waals surface area contributed by atoms with Crippen LogP contribution in [-0.4, -0.2) is 23.9 Å². The zero-order valence-electron chi connectivity index (χ0n) is 12.1. The van der Waals surface area contributed by atoms with Crippen LogP contribution in [-0.2, 0) is 0 Å². The van der Waals surface area contributed by atoms with E-state index in [9.17, 15) is 9.18 Å². The summed E-state index contributed by atoms with van der Waals surface area (Å²) >= 11 is 0. The molecule has 19 heavy (non-hydrogen) atoms. The summed E-state index contributed by atoms with van der Waals surface area (Å²) in [5.41, 5.74) is 5.97. The Kier molecular flexibility index (Phi) is 5.33. The van der Waals surface area contributed by atoms with Crippen molar-refractivity contribution in [1.29, 1.82) is 0 Å². The highest BCUT2D eigenvalue weighted by atomic mass is 19.1. The van der Waals surface area contributed by atoms with E-state index in [1.807, 2.05) is 4.90 Å². The molecule has 0 aliphatic heterocycles. The fraction of sp³-hybridized carbons (Fsp3) is 0.533. The first-order chi connectivity index (χ1) is 8.81. The number of carbonyl (C=O) groups is 1. The average molecular weight is 266 g/mol. The SMILES string of the molecule is CC(C)CN(CC(C)C)C(=O)c1ccc(F)c(N)c1. The van der Waals surface area contributed by atoms with Gasteiger partial charge < -0.3 is 10.6 Å². The van der Waals surface area contributed by atoms with Gasteiger partial charge in [0.2, 0.25) is 0 Å². The highest BCUT2D eigenvalue weighted by molar-refractivity contribution is 5.95. The molecule has 0 aromatic heterocycles. The molecule has 0 spiro atoms. The van der Waals surface area contributed by atoms with Crippen molar-refractivity contribution in [3.8, 4) is 0 Å². The number of halogens is 1. The number of carbonyl (C=O) groups excluding carboxylic acids is 1. The van der Waals surface area contributed by atoms with Crippen LogP contribution in [0.25, 0.3) is 0 Å². The molecule has 1 amide bonds. The molecule has 106 valence electrons. The molecule has 0 bridgehead atoms. The maximum Gasteiger partial charge on any atom is 0.253 e. The number of nitrogens with two attached hydrogens (primary N) is 1. The van der Waals surface area contributed by atoms with Crippen molar-refractivity contribution in [3.05, 3.63) is 29.6 Å². The Balaban J connectivity index is 2.94. The maximum atomic E-state index is 13.1. The normalized spacial score (nSPS) is 11.1. The molecule has 1 rings (SSSR count). The Hall–Kier alpha value is -1.58. The van der Waals surface area contributed by atoms with Crippen molar-refractivity contribution >= 4 is 11.6 Å². The predicted octanol–water partition coefficient (Wildman–Crippen LogP) is 3.16. The smallest absolute Gasteiger partial charge is 0.253 e. The molecule has 0 saturated carbocycles. The number of anilines is 1. The largest absolute Gasteiger partial charge is 0.396 e. The summed E-state index contributed by atoms with van der Waals surface area (Å²) in [6.07, 6.45) is 0. The van der Waals surface area contributed by atoms with Crippen molar-refractivity contribution in [2.45, 2.75) is 27.7 Å². The third kappa shape index (κ3) is 4.54. The predicted molar refractivity (Wildman–Crippen MR) is 76.4 cm³/mol. The van der Waals surface area contributed by atoms with E-state index in [2.05, 4.69) is 27.7 Å². The Bertz CT molecular complexity index is 434. The van der Waals surface area contributed by atoms with Crippen LogP contribution < -0.4 is 5.73 Å². The molecule has 0 aliphatic carbocycles. The second-order valence-corrected chi connectivity index (χ2v) is 5.73. The molecule has 0 saturated heterocycles. The second kappa shape index (κ2) is 6.55. The Morgan fingerprint density at radius 3 is 2.16 bits per heavy atom. The van der Waals surface area contributed by atoms with Crippen LogP contribution in [0, 0.1) is 17.7 Å². The summed E-state index contributed by atoms with van der Waals surface area (Å²) in [5, 5.41) is 0. The molecular formula is C15H23FN2O. The number of hydrogen-bond donors (Lipinski definition) is 1. The first kappa shape index (κ1) is 15.5. The highest BCUT2D eigenvalue weighted by Gasteiger charge is 2.18. The topological polar surface area (TPSA) is 46.3 Å². The van der Waals surface area contributed by atoms with Crippen LogP contribution in [0.4, 0.5) is 10.1 Å². The van der Waals surface area contributed by atoms with Crippen LogP contribution in [0.3, 0.4) is 0 Å². The molecule has 0 radical (unpaired) electrons. The molecule has 0 fully saturated rings. The summed E-state index contributed by atoms with van der Waals surface area (Å²) in [6.45, 7) is 9.65. The number of rotatable bonds is 5. The van der Waals surface area contributed by atoms with E-state index < -0.39 is 5.82 Å². The number of benzene rings is 1. The van der Waals surface area contributed by atoms with E-state index in [1.165, 1.54) is 18.2 Å². The van der Waals surface area contributed by atoms with Gasteiger partial charge in [0.15, 0.2) is 0 Å². The minimum Gasteiger partial charge on any atom is -0.396 e. The summed E-state index contributed by atoms with van der Waals surface area (Å²) in [4.78, 5) is 14.2. The third-order valence-corrected chi connectivity index (χ3v) is 2.70. The van der Waals surface area contributed by atoms with Gasteiger partial charge in [-0.3, -0.25) is 4.79 Å². The third-order valence-electron chi connectivity index (χ3n) is 2.70. The van der Waals surface area contributed by atoms with Crippen LogP contribution in [0.2, 0.25) is 0 Å². The van der Waals surface area contributed by atoms with Gasteiger partial charge in [0.05, 0.1) is 5.69 Å². The fourth-order valence-electron chi connectivity index (χ4n) is 1.98. The summed E-state index contributed by atoms with van der Waals surface area (Å²) in [7, 11) is 0. The quantitative estimate of drug-likeness (QED) is 0.832. The maximum absolute atomic E-state index is 13.1. The minimum absolute atomic E-state index is 0.0138. The fourth-order valence-corrected chi connectivity index (χ4v) is 1.98. The molecule has 4 heteroatoms. The van der Waals surface area contributed by atoms with Gasteiger partial charge in [0.25, 0.3) is 5.91 Å². The van der Waals surface area contributed by atoms with E-state index in [0.29, 0.717) is 30.5 Å². The van der Waals surface area contributed by atoms with Crippen molar-refractivity contribution in [3.63, 3.8) is 0 Å². The van der Waals surface area contributed by atoms with Gasteiger partial charge in [-0.1, -0.05) is 27.7 Å². The van der Waals surface area contributed by atoms with Gasteiger partial charge in [-0.15, -0.1) is 0 Å². The number of nitrogens with zero attached hydrogens (tertiary/aromatic N) is 1. The second-order valence-electron chi connectivity index (χ2n) is 5.73. The monoisotopic (exact) mass is 266 g/mol. The molecule has 1 aromatic rings. The van der Waals surface area contributed by atoms with Gasteiger partial charge in [0.1, 0.15) is 5.82 Å². The molecule has 0 unspecified atom stereocenters. The lowest BCUT2D eigenvalue weighted by Crippen LogP contribution is -2.37. The van der Waals surface area contributed by atoms with E-state index in [0.717, 1.165) is 0 Å². The van der Waals surface area contributed by atoms with Crippen LogP contribution in [0.5, 0.6) is 0 Å². The van der Waals surface area contributed by atoms with Gasteiger partial charge in [0, 0.05) is 18.7 Å². The number of hydrogen-bond acceptors (Lipinski definition) is 2. The van der Waals surface area contributed by atoms with Crippen molar-refractivity contribution < 1.29 is 9.18 Å². The molecule has 3 nitrogen and oxygen atoms in total. The van der Waals surface area contributed by atoms with Crippen molar-refractivity contribution in [1.82, 2.24) is 4.90 Å².